The molecule has 104 valence electrons. The highest BCUT2D eigenvalue weighted by Crippen LogP contribution is 2.01. The van der Waals surface area contributed by atoms with Crippen LogP contribution in [0.5, 0.6) is 0 Å². The van der Waals surface area contributed by atoms with E-state index in [9.17, 15) is 9.59 Å². The average molecular weight is 266 g/mol. The summed E-state index contributed by atoms with van der Waals surface area (Å²) in [6.45, 7) is 3.44. The summed E-state index contributed by atoms with van der Waals surface area (Å²) >= 11 is 0. The molecule has 0 aromatic heterocycles. The molecule has 5 heteroatoms. The zero-order valence-corrected chi connectivity index (χ0v) is 11.1. The van der Waals surface area contributed by atoms with Crippen molar-refractivity contribution in [3.05, 3.63) is 35.9 Å². The quantitative estimate of drug-likeness (QED) is 0.703. The fourth-order valence-corrected chi connectivity index (χ4v) is 1.30. The lowest BCUT2D eigenvalue weighted by Crippen LogP contribution is -2.26. The lowest BCUT2D eigenvalue weighted by atomic mass is 10.2. The predicted molar refractivity (Wildman–Crippen MR) is 68.3 cm³/mol. The molecule has 0 saturated heterocycles. The molecule has 1 aromatic rings. The van der Waals surface area contributed by atoms with Gasteiger partial charge in [-0.15, -0.1) is 0 Å². The highest BCUT2D eigenvalue weighted by molar-refractivity contribution is 5.75. The number of hydrogen-bond acceptors (Lipinski definition) is 5. The Labute approximate surface area is 112 Å². The first-order valence-electron chi connectivity index (χ1n) is 6.11. The second-order valence-corrected chi connectivity index (χ2v) is 3.85. The van der Waals surface area contributed by atoms with Gasteiger partial charge >= 0.3 is 11.9 Å². The molecule has 0 aliphatic carbocycles. The van der Waals surface area contributed by atoms with Crippen LogP contribution in [0.4, 0.5) is 0 Å². The normalized spacial score (nSPS) is 11.7. The Bertz CT molecular complexity index is 402. The summed E-state index contributed by atoms with van der Waals surface area (Å²) in [5.74, 6) is -1.00. The molecule has 0 aliphatic heterocycles. The highest BCUT2D eigenvalue weighted by Gasteiger charge is 2.16. The van der Waals surface area contributed by atoms with Crippen LogP contribution in [0.15, 0.2) is 30.3 Å². The van der Waals surface area contributed by atoms with Gasteiger partial charge in [-0.25, -0.2) is 9.59 Å². The Hall–Kier alpha value is -1.88. The third kappa shape index (κ3) is 6.01. The largest absolute Gasteiger partial charge is 0.464 e. The van der Waals surface area contributed by atoms with E-state index in [1.165, 1.54) is 6.92 Å². The topological polar surface area (TPSA) is 61.8 Å². The van der Waals surface area contributed by atoms with E-state index >= 15 is 0 Å². The molecule has 0 N–H and O–H groups in total. The van der Waals surface area contributed by atoms with Crippen molar-refractivity contribution >= 4 is 11.9 Å². The summed E-state index contributed by atoms with van der Waals surface area (Å²) in [5, 5.41) is 0. The monoisotopic (exact) mass is 266 g/mol. The van der Waals surface area contributed by atoms with Crippen LogP contribution in [-0.4, -0.2) is 31.3 Å². The number of hydrogen-bond donors (Lipinski definition) is 0. The molecule has 19 heavy (non-hydrogen) atoms. The Balaban J connectivity index is 2.23. The van der Waals surface area contributed by atoms with Crippen LogP contribution >= 0.6 is 0 Å². The molecule has 0 amide bonds. The molecule has 0 bridgehead atoms. The predicted octanol–water partition coefficient (Wildman–Crippen LogP) is 1.70. The van der Waals surface area contributed by atoms with E-state index in [-0.39, 0.29) is 19.8 Å². The van der Waals surface area contributed by atoms with Gasteiger partial charge < -0.3 is 14.2 Å². The van der Waals surface area contributed by atoms with Crippen molar-refractivity contribution in [3.63, 3.8) is 0 Å². The second kappa shape index (κ2) is 8.26. The van der Waals surface area contributed by atoms with Gasteiger partial charge in [-0.3, -0.25) is 0 Å². The van der Waals surface area contributed by atoms with Gasteiger partial charge in [0.25, 0.3) is 0 Å². The third-order valence-electron chi connectivity index (χ3n) is 2.31. The van der Waals surface area contributed by atoms with Crippen molar-refractivity contribution in [2.24, 2.45) is 0 Å². The molecule has 5 nitrogen and oxygen atoms in total. The molecule has 0 spiro atoms. The summed E-state index contributed by atoms with van der Waals surface area (Å²) in [5.41, 5.74) is 0.897. The van der Waals surface area contributed by atoms with Crippen molar-refractivity contribution in [2.45, 2.75) is 26.6 Å². The van der Waals surface area contributed by atoms with Gasteiger partial charge in [0, 0.05) is 0 Å². The van der Waals surface area contributed by atoms with Gasteiger partial charge in [0.05, 0.1) is 6.61 Å². The number of rotatable bonds is 7. The molecule has 0 heterocycles. The van der Waals surface area contributed by atoms with Gasteiger partial charge in [0.1, 0.15) is 13.2 Å². The number of ether oxygens (including phenoxy) is 3. The van der Waals surface area contributed by atoms with Crippen LogP contribution in [-0.2, 0) is 30.4 Å². The van der Waals surface area contributed by atoms with E-state index in [1.54, 1.807) is 6.92 Å². The first kappa shape index (κ1) is 15.2. The van der Waals surface area contributed by atoms with Crippen molar-refractivity contribution < 1.29 is 23.8 Å². The summed E-state index contributed by atoms with van der Waals surface area (Å²) in [6, 6.07) is 9.32. The molecule has 0 radical (unpaired) electrons. The SMILES string of the molecule is CCOC(=O)[C@H](C)OCC(=O)OCc1ccccc1. The Kier molecular flexibility index (Phi) is 6.60. The standard InChI is InChI=1S/C14H18O5/c1-3-17-14(16)11(2)18-10-13(15)19-9-12-7-5-4-6-8-12/h4-8,11H,3,9-10H2,1-2H3/t11-/m0/s1. The maximum atomic E-state index is 11.4. The molecular formula is C14H18O5. The van der Waals surface area contributed by atoms with E-state index in [1.807, 2.05) is 30.3 Å². The number of benzene rings is 1. The molecule has 0 fully saturated rings. The first-order chi connectivity index (χ1) is 9.13. The van der Waals surface area contributed by atoms with Gasteiger partial charge in [-0.1, -0.05) is 30.3 Å². The van der Waals surface area contributed by atoms with E-state index < -0.39 is 18.0 Å². The summed E-state index contributed by atoms with van der Waals surface area (Å²) in [6.07, 6.45) is -0.774. The number of carbonyl (C=O) groups is 2. The van der Waals surface area contributed by atoms with Gasteiger partial charge in [0.15, 0.2) is 6.10 Å². The van der Waals surface area contributed by atoms with Crippen LogP contribution in [0.25, 0.3) is 0 Å². The maximum Gasteiger partial charge on any atom is 0.334 e. The van der Waals surface area contributed by atoms with Crippen LogP contribution in [0.3, 0.4) is 0 Å². The summed E-state index contributed by atoms with van der Waals surface area (Å²) < 4.78 is 14.8. The summed E-state index contributed by atoms with van der Waals surface area (Å²) in [4.78, 5) is 22.6. The summed E-state index contributed by atoms with van der Waals surface area (Å²) in [7, 11) is 0. The fourth-order valence-electron chi connectivity index (χ4n) is 1.30. The van der Waals surface area contributed by atoms with Gasteiger partial charge in [-0.2, -0.15) is 0 Å². The van der Waals surface area contributed by atoms with Crippen LogP contribution in [0, 0.1) is 0 Å². The van der Waals surface area contributed by atoms with Crippen molar-refractivity contribution in [2.75, 3.05) is 13.2 Å². The average Bonchev–Trinajstić information content (AvgIpc) is 2.43. The lowest BCUT2D eigenvalue weighted by Gasteiger charge is -2.11. The Morgan fingerprint density at radius 1 is 1.16 bits per heavy atom. The molecule has 0 aliphatic rings. The van der Waals surface area contributed by atoms with Crippen LogP contribution < -0.4 is 0 Å². The molecule has 1 aromatic carbocycles. The van der Waals surface area contributed by atoms with E-state index in [4.69, 9.17) is 14.2 Å². The number of esters is 2. The fraction of sp³-hybridized carbons (Fsp3) is 0.429. The van der Waals surface area contributed by atoms with Crippen LogP contribution in [0.1, 0.15) is 19.4 Å². The van der Waals surface area contributed by atoms with Gasteiger partial charge in [0.2, 0.25) is 0 Å². The zero-order valence-electron chi connectivity index (χ0n) is 11.1. The number of carbonyl (C=O) groups excluding carboxylic acids is 2. The first-order valence-corrected chi connectivity index (χ1v) is 6.11. The van der Waals surface area contributed by atoms with Gasteiger partial charge in [-0.05, 0) is 19.4 Å². The maximum absolute atomic E-state index is 11.4. The van der Waals surface area contributed by atoms with Crippen molar-refractivity contribution in [1.82, 2.24) is 0 Å². The minimum absolute atomic E-state index is 0.191. The molecule has 1 atom stereocenters. The van der Waals surface area contributed by atoms with E-state index in [2.05, 4.69) is 0 Å². The Morgan fingerprint density at radius 3 is 2.47 bits per heavy atom. The minimum Gasteiger partial charge on any atom is -0.464 e. The second-order valence-electron chi connectivity index (χ2n) is 3.85. The molecule has 0 unspecified atom stereocenters. The zero-order chi connectivity index (χ0) is 14.1. The molecule has 1 rings (SSSR count). The van der Waals surface area contributed by atoms with Crippen molar-refractivity contribution in [3.8, 4) is 0 Å². The van der Waals surface area contributed by atoms with Crippen molar-refractivity contribution in [1.29, 1.82) is 0 Å². The molecule has 0 saturated carbocycles. The highest BCUT2D eigenvalue weighted by atomic mass is 16.6. The third-order valence-corrected chi connectivity index (χ3v) is 2.31. The van der Waals surface area contributed by atoms with Crippen LogP contribution in [0.2, 0.25) is 0 Å². The molecular weight excluding hydrogens is 248 g/mol. The van der Waals surface area contributed by atoms with E-state index in [0.29, 0.717) is 0 Å². The Morgan fingerprint density at radius 2 is 1.84 bits per heavy atom. The lowest BCUT2D eigenvalue weighted by molar-refractivity contribution is -0.162. The van der Waals surface area contributed by atoms with E-state index in [0.717, 1.165) is 5.56 Å². The smallest absolute Gasteiger partial charge is 0.334 e. The minimum atomic E-state index is -0.774.